The first-order valence-corrected chi connectivity index (χ1v) is 9.06. The molecule has 3 nitrogen and oxygen atoms in total. The van der Waals surface area contributed by atoms with Crippen LogP contribution in [0.5, 0.6) is 11.5 Å². The molecule has 0 unspecified atom stereocenters. The molecule has 2 aromatic carbocycles. The molecule has 2 rings (SSSR count). The van der Waals surface area contributed by atoms with Crippen molar-refractivity contribution in [1.29, 1.82) is 0 Å². The van der Waals surface area contributed by atoms with E-state index < -0.39 is 0 Å². The van der Waals surface area contributed by atoms with Crippen LogP contribution in [0.15, 0.2) is 36.4 Å². The van der Waals surface area contributed by atoms with Gasteiger partial charge in [0.05, 0.1) is 12.8 Å². The third-order valence-corrected chi connectivity index (χ3v) is 4.69. The lowest BCUT2D eigenvalue weighted by Gasteiger charge is -2.12. The molecule has 6 heteroatoms. The number of para-hydroxylation sites is 2. The molecule has 0 atom stereocenters. The Morgan fingerprint density at radius 1 is 0.900 bits per heavy atom. The molecule has 2 N–H and O–H groups in total. The Balaban J connectivity index is 1.90. The highest BCUT2D eigenvalue weighted by Gasteiger charge is 2.08. The van der Waals surface area contributed by atoms with Gasteiger partial charge in [0.1, 0.15) is 24.7 Å². The molecule has 0 bridgehead atoms. The number of nitrogen functional groups attached to an aromatic ring is 1. The van der Waals surface area contributed by atoms with Crippen LogP contribution in [0.4, 0.5) is 5.69 Å². The fourth-order valence-electron chi connectivity index (χ4n) is 1.57. The van der Waals surface area contributed by atoms with Gasteiger partial charge >= 0.3 is 0 Å². The molecule has 0 saturated carbocycles. The van der Waals surface area contributed by atoms with Crippen LogP contribution in [0.3, 0.4) is 0 Å². The highest BCUT2D eigenvalue weighted by atomic mass is 127. The van der Waals surface area contributed by atoms with E-state index in [4.69, 9.17) is 15.2 Å². The standard InChI is InChI=1S/C14H12I3NO2/c15-9-7-10(16)14(11(17)8-9)20-6-5-19-13-4-2-1-3-12(13)18/h1-4,7-8H,5-6,18H2. The first-order valence-electron chi connectivity index (χ1n) is 5.82. The lowest BCUT2D eigenvalue weighted by Crippen LogP contribution is -2.11. The number of anilines is 1. The van der Waals surface area contributed by atoms with E-state index >= 15 is 0 Å². The quantitative estimate of drug-likeness (QED) is 0.309. The van der Waals surface area contributed by atoms with E-state index in [0.29, 0.717) is 24.7 Å². The minimum atomic E-state index is 0.465. The normalized spacial score (nSPS) is 10.3. The molecular weight excluding hydrogens is 595 g/mol. The van der Waals surface area contributed by atoms with Gasteiger partial charge in [0.25, 0.3) is 0 Å². The molecule has 0 heterocycles. The maximum atomic E-state index is 5.81. The fraction of sp³-hybridized carbons (Fsp3) is 0.143. The summed E-state index contributed by atoms with van der Waals surface area (Å²) in [7, 11) is 0. The first-order chi connectivity index (χ1) is 9.58. The second-order valence-corrected chi connectivity index (χ2v) is 7.50. The monoisotopic (exact) mass is 607 g/mol. The zero-order valence-corrected chi connectivity index (χ0v) is 16.9. The molecule has 0 aliphatic rings. The Morgan fingerprint density at radius 3 is 2.15 bits per heavy atom. The van der Waals surface area contributed by atoms with Crippen molar-refractivity contribution in [1.82, 2.24) is 0 Å². The zero-order valence-electron chi connectivity index (χ0n) is 10.4. The molecule has 2 aromatic rings. The number of hydrogen-bond acceptors (Lipinski definition) is 3. The highest BCUT2D eigenvalue weighted by molar-refractivity contribution is 14.1. The van der Waals surface area contributed by atoms with E-state index in [1.54, 1.807) is 0 Å². The molecule has 106 valence electrons. The topological polar surface area (TPSA) is 44.5 Å². The average molecular weight is 607 g/mol. The van der Waals surface area contributed by atoms with Crippen LogP contribution in [-0.2, 0) is 0 Å². The van der Waals surface area contributed by atoms with Crippen LogP contribution in [0.25, 0.3) is 0 Å². The van der Waals surface area contributed by atoms with E-state index in [1.165, 1.54) is 3.57 Å². The van der Waals surface area contributed by atoms with Crippen molar-refractivity contribution in [2.24, 2.45) is 0 Å². The van der Waals surface area contributed by atoms with Gasteiger partial charge in [-0.2, -0.15) is 0 Å². The van der Waals surface area contributed by atoms with Crippen molar-refractivity contribution < 1.29 is 9.47 Å². The van der Waals surface area contributed by atoms with Gasteiger partial charge in [-0.05, 0) is 92.0 Å². The van der Waals surface area contributed by atoms with Gasteiger partial charge in [-0.1, -0.05) is 12.1 Å². The van der Waals surface area contributed by atoms with Crippen LogP contribution in [0, 0.1) is 10.7 Å². The van der Waals surface area contributed by atoms with Crippen molar-refractivity contribution >= 4 is 73.5 Å². The number of ether oxygens (including phenoxy) is 2. The largest absolute Gasteiger partial charge is 0.488 e. The fourth-order valence-corrected chi connectivity index (χ4v) is 5.47. The summed E-state index contributed by atoms with van der Waals surface area (Å²) in [6.45, 7) is 0.952. The van der Waals surface area contributed by atoms with Crippen LogP contribution in [0.2, 0.25) is 0 Å². The van der Waals surface area contributed by atoms with Gasteiger partial charge in [-0.15, -0.1) is 0 Å². The van der Waals surface area contributed by atoms with Gasteiger partial charge in [0, 0.05) is 3.57 Å². The number of rotatable bonds is 5. The SMILES string of the molecule is Nc1ccccc1OCCOc1c(I)cc(I)cc1I. The molecule has 0 radical (unpaired) electrons. The third kappa shape index (κ3) is 4.52. The van der Waals surface area contributed by atoms with Gasteiger partial charge in [0.15, 0.2) is 0 Å². The predicted molar refractivity (Wildman–Crippen MR) is 106 cm³/mol. The van der Waals surface area contributed by atoms with Crippen molar-refractivity contribution in [2.45, 2.75) is 0 Å². The van der Waals surface area contributed by atoms with Crippen molar-refractivity contribution in [3.05, 3.63) is 47.1 Å². The maximum Gasteiger partial charge on any atom is 0.146 e. The first kappa shape index (κ1) is 16.4. The Hall–Kier alpha value is 0.0300. The number of hydrogen-bond donors (Lipinski definition) is 1. The van der Waals surface area contributed by atoms with E-state index in [-0.39, 0.29) is 0 Å². The lowest BCUT2D eigenvalue weighted by atomic mass is 10.3. The third-order valence-electron chi connectivity index (χ3n) is 2.47. The Morgan fingerprint density at radius 2 is 1.50 bits per heavy atom. The van der Waals surface area contributed by atoms with Crippen molar-refractivity contribution in [3.63, 3.8) is 0 Å². The summed E-state index contributed by atoms with van der Waals surface area (Å²) < 4.78 is 14.8. The second kappa shape index (κ2) is 7.87. The van der Waals surface area contributed by atoms with E-state index in [1.807, 2.05) is 24.3 Å². The summed E-state index contributed by atoms with van der Waals surface area (Å²) in [4.78, 5) is 0. The van der Waals surface area contributed by atoms with E-state index in [2.05, 4.69) is 79.9 Å². The van der Waals surface area contributed by atoms with E-state index in [9.17, 15) is 0 Å². The van der Waals surface area contributed by atoms with Crippen LogP contribution in [-0.4, -0.2) is 13.2 Å². The number of benzene rings is 2. The van der Waals surface area contributed by atoms with Gasteiger partial charge in [-0.3, -0.25) is 0 Å². The molecule has 0 aliphatic carbocycles. The summed E-state index contributed by atoms with van der Waals surface area (Å²) in [5.41, 5.74) is 6.45. The van der Waals surface area contributed by atoms with Crippen molar-refractivity contribution in [2.75, 3.05) is 18.9 Å². The number of nitrogens with two attached hydrogens (primary N) is 1. The van der Waals surface area contributed by atoms with Gasteiger partial charge in [-0.25, -0.2) is 0 Å². The lowest BCUT2D eigenvalue weighted by molar-refractivity contribution is 0.216. The minimum absolute atomic E-state index is 0.465. The summed E-state index contributed by atoms with van der Waals surface area (Å²) >= 11 is 6.87. The molecule has 0 saturated heterocycles. The van der Waals surface area contributed by atoms with Gasteiger partial charge < -0.3 is 15.2 Å². The number of halogens is 3. The zero-order chi connectivity index (χ0) is 14.5. The predicted octanol–water partition coefficient (Wildman–Crippen LogP) is 4.54. The average Bonchev–Trinajstić information content (AvgIpc) is 2.38. The van der Waals surface area contributed by atoms with Gasteiger partial charge in [0.2, 0.25) is 0 Å². The van der Waals surface area contributed by atoms with Crippen molar-refractivity contribution in [3.8, 4) is 11.5 Å². The molecule has 0 fully saturated rings. The molecule has 20 heavy (non-hydrogen) atoms. The second-order valence-electron chi connectivity index (χ2n) is 3.93. The van der Waals surface area contributed by atoms with Crippen LogP contribution < -0.4 is 15.2 Å². The molecule has 0 spiro atoms. The van der Waals surface area contributed by atoms with E-state index in [0.717, 1.165) is 12.9 Å². The Kier molecular flexibility index (Phi) is 6.46. The Bertz CT molecular complexity index is 582. The van der Waals surface area contributed by atoms with Crippen LogP contribution >= 0.6 is 67.8 Å². The summed E-state index contributed by atoms with van der Waals surface area (Å²) in [5.74, 6) is 1.61. The molecule has 0 amide bonds. The molecule has 0 aromatic heterocycles. The summed E-state index contributed by atoms with van der Waals surface area (Å²) in [6, 6.07) is 11.6. The summed E-state index contributed by atoms with van der Waals surface area (Å²) in [6.07, 6.45) is 0. The summed E-state index contributed by atoms with van der Waals surface area (Å²) in [5, 5.41) is 0. The Labute approximate surface area is 159 Å². The smallest absolute Gasteiger partial charge is 0.146 e. The molecule has 0 aliphatic heterocycles. The maximum absolute atomic E-state index is 5.81. The molecular formula is C14H12I3NO2. The highest BCUT2D eigenvalue weighted by Crippen LogP contribution is 2.29. The van der Waals surface area contributed by atoms with Crippen LogP contribution in [0.1, 0.15) is 0 Å². The minimum Gasteiger partial charge on any atom is -0.488 e.